The lowest BCUT2D eigenvalue weighted by atomic mass is 10.0. The summed E-state index contributed by atoms with van der Waals surface area (Å²) >= 11 is 11.9. The van der Waals surface area contributed by atoms with Crippen molar-refractivity contribution in [3.05, 3.63) is 22.3 Å². The van der Waals surface area contributed by atoms with Crippen LogP contribution in [0.2, 0.25) is 10.0 Å². The van der Waals surface area contributed by atoms with Crippen LogP contribution in [0.4, 0.5) is 5.82 Å². The average molecular weight is 259 g/mol. The summed E-state index contributed by atoms with van der Waals surface area (Å²) in [5.74, 6) is 0.655. The third-order valence-electron chi connectivity index (χ3n) is 2.77. The van der Waals surface area contributed by atoms with Gasteiger partial charge in [-0.25, -0.2) is 4.98 Å². The number of aromatic nitrogens is 1. The highest BCUT2D eigenvalue weighted by Gasteiger charge is 2.24. The zero-order valence-corrected chi connectivity index (χ0v) is 10.2. The molecule has 1 unspecified atom stereocenters. The van der Waals surface area contributed by atoms with Gasteiger partial charge in [0.1, 0.15) is 12.1 Å². The highest BCUT2D eigenvalue weighted by atomic mass is 35.5. The van der Waals surface area contributed by atoms with Gasteiger partial charge < -0.3 is 9.69 Å². The fraction of sp³-hybridized carbons (Fsp3) is 0.455. The van der Waals surface area contributed by atoms with Crippen molar-refractivity contribution < 1.29 is 4.79 Å². The van der Waals surface area contributed by atoms with E-state index in [1.807, 2.05) is 4.90 Å². The van der Waals surface area contributed by atoms with Gasteiger partial charge in [-0.3, -0.25) is 0 Å². The number of carbonyl (C=O) groups is 1. The molecule has 3 nitrogen and oxygen atoms in total. The molecule has 0 spiro atoms. The van der Waals surface area contributed by atoms with Crippen LogP contribution >= 0.6 is 23.2 Å². The minimum Gasteiger partial charge on any atom is -0.346 e. The Kier molecular flexibility index (Phi) is 3.66. The Morgan fingerprint density at radius 1 is 1.44 bits per heavy atom. The highest BCUT2D eigenvalue weighted by molar-refractivity contribution is 6.36. The van der Waals surface area contributed by atoms with E-state index in [1.165, 1.54) is 0 Å². The van der Waals surface area contributed by atoms with Crippen LogP contribution < -0.4 is 4.90 Å². The molecule has 16 heavy (non-hydrogen) atoms. The molecule has 2 heterocycles. The topological polar surface area (TPSA) is 33.2 Å². The normalized spacial score (nSPS) is 20.9. The van der Waals surface area contributed by atoms with Gasteiger partial charge >= 0.3 is 0 Å². The molecule has 1 atom stereocenters. The van der Waals surface area contributed by atoms with E-state index in [2.05, 4.69) is 4.98 Å². The van der Waals surface area contributed by atoms with Crippen molar-refractivity contribution in [2.45, 2.75) is 25.3 Å². The number of pyridine rings is 1. The van der Waals surface area contributed by atoms with Gasteiger partial charge in [0.2, 0.25) is 0 Å². The van der Waals surface area contributed by atoms with E-state index in [0.717, 1.165) is 32.1 Å². The van der Waals surface area contributed by atoms with Gasteiger partial charge in [-0.2, -0.15) is 0 Å². The smallest absolute Gasteiger partial charge is 0.148 e. The van der Waals surface area contributed by atoms with Gasteiger partial charge in [-0.15, -0.1) is 0 Å². The molecule has 0 N–H and O–H groups in total. The molecule has 1 aliphatic heterocycles. The lowest BCUT2D eigenvalue weighted by Gasteiger charge is -2.33. The van der Waals surface area contributed by atoms with E-state index < -0.39 is 0 Å². The number of piperidine rings is 1. The lowest BCUT2D eigenvalue weighted by Crippen LogP contribution is -2.41. The predicted octanol–water partition coefficient (Wildman–Crippen LogP) is 2.95. The quantitative estimate of drug-likeness (QED) is 0.765. The Morgan fingerprint density at radius 2 is 2.25 bits per heavy atom. The zero-order valence-electron chi connectivity index (χ0n) is 8.70. The van der Waals surface area contributed by atoms with Crippen LogP contribution in [0.1, 0.15) is 19.3 Å². The van der Waals surface area contributed by atoms with E-state index in [9.17, 15) is 4.79 Å². The van der Waals surface area contributed by atoms with Crippen LogP contribution in [-0.2, 0) is 4.79 Å². The number of rotatable bonds is 2. The summed E-state index contributed by atoms with van der Waals surface area (Å²) in [5.41, 5.74) is 0. The maximum Gasteiger partial charge on any atom is 0.148 e. The van der Waals surface area contributed by atoms with Crippen LogP contribution in [0.15, 0.2) is 12.3 Å². The summed E-state index contributed by atoms with van der Waals surface area (Å²) in [4.78, 5) is 17.1. The fourth-order valence-corrected chi connectivity index (χ4v) is 2.47. The SMILES string of the molecule is O=CC1CCCCN1c1ncc(Cl)cc1Cl. The van der Waals surface area contributed by atoms with E-state index >= 15 is 0 Å². The maximum atomic E-state index is 11.0. The molecule has 1 aromatic heterocycles. The van der Waals surface area contributed by atoms with Crippen molar-refractivity contribution in [2.75, 3.05) is 11.4 Å². The second-order valence-electron chi connectivity index (χ2n) is 3.85. The summed E-state index contributed by atoms with van der Waals surface area (Å²) in [7, 11) is 0. The van der Waals surface area contributed by atoms with Crippen molar-refractivity contribution >= 4 is 35.3 Å². The summed E-state index contributed by atoms with van der Waals surface area (Å²) in [6.07, 6.45) is 5.52. The zero-order chi connectivity index (χ0) is 11.5. The third kappa shape index (κ3) is 2.30. The Labute approximate surface area is 104 Å². The minimum atomic E-state index is -0.111. The molecule has 0 bridgehead atoms. The largest absolute Gasteiger partial charge is 0.346 e. The van der Waals surface area contributed by atoms with Crippen molar-refractivity contribution in [3.63, 3.8) is 0 Å². The van der Waals surface area contributed by atoms with Gasteiger partial charge in [0, 0.05) is 12.7 Å². The summed E-state index contributed by atoms with van der Waals surface area (Å²) < 4.78 is 0. The molecule has 1 aromatic rings. The molecule has 5 heteroatoms. The molecule has 0 saturated carbocycles. The number of aldehydes is 1. The number of anilines is 1. The van der Waals surface area contributed by atoms with Crippen LogP contribution in [-0.4, -0.2) is 23.9 Å². The first-order chi connectivity index (χ1) is 7.72. The Balaban J connectivity index is 2.30. The van der Waals surface area contributed by atoms with Crippen LogP contribution in [0.3, 0.4) is 0 Å². The van der Waals surface area contributed by atoms with Crippen LogP contribution in [0.25, 0.3) is 0 Å². The molecule has 86 valence electrons. The van der Waals surface area contributed by atoms with E-state index in [1.54, 1.807) is 12.3 Å². The molecular formula is C11H12Cl2N2O. The first-order valence-electron chi connectivity index (χ1n) is 5.25. The van der Waals surface area contributed by atoms with Gasteiger partial charge in [0.05, 0.1) is 16.1 Å². The van der Waals surface area contributed by atoms with Gasteiger partial charge in [0.25, 0.3) is 0 Å². The molecule has 0 aliphatic carbocycles. The molecular weight excluding hydrogens is 247 g/mol. The maximum absolute atomic E-state index is 11.0. The predicted molar refractivity (Wildman–Crippen MR) is 65.3 cm³/mol. The number of halogens is 2. The van der Waals surface area contributed by atoms with E-state index in [4.69, 9.17) is 23.2 Å². The first kappa shape index (κ1) is 11.7. The summed E-state index contributed by atoms with van der Waals surface area (Å²) in [6, 6.07) is 1.54. The van der Waals surface area contributed by atoms with E-state index in [0.29, 0.717) is 15.9 Å². The molecule has 1 fully saturated rings. The average Bonchev–Trinajstić information content (AvgIpc) is 2.29. The van der Waals surface area contributed by atoms with Crippen molar-refractivity contribution in [1.29, 1.82) is 0 Å². The molecule has 0 amide bonds. The van der Waals surface area contributed by atoms with Crippen LogP contribution in [0, 0.1) is 0 Å². The lowest BCUT2D eigenvalue weighted by molar-refractivity contribution is -0.109. The number of carbonyl (C=O) groups excluding carboxylic acids is 1. The molecule has 0 radical (unpaired) electrons. The Morgan fingerprint density at radius 3 is 2.94 bits per heavy atom. The first-order valence-corrected chi connectivity index (χ1v) is 6.01. The Bertz CT molecular complexity index is 398. The molecule has 2 rings (SSSR count). The monoisotopic (exact) mass is 258 g/mol. The minimum absolute atomic E-state index is 0.111. The summed E-state index contributed by atoms with van der Waals surface area (Å²) in [6.45, 7) is 0.817. The number of nitrogens with zero attached hydrogens (tertiary/aromatic N) is 2. The highest BCUT2D eigenvalue weighted by Crippen LogP contribution is 2.30. The summed E-state index contributed by atoms with van der Waals surface area (Å²) in [5, 5.41) is 1.01. The van der Waals surface area contributed by atoms with Gasteiger partial charge in [-0.1, -0.05) is 23.2 Å². The molecule has 1 saturated heterocycles. The fourth-order valence-electron chi connectivity index (χ4n) is 1.98. The number of hydrogen-bond donors (Lipinski definition) is 0. The van der Waals surface area contributed by atoms with Gasteiger partial charge in [0.15, 0.2) is 0 Å². The second-order valence-corrected chi connectivity index (χ2v) is 4.70. The third-order valence-corrected chi connectivity index (χ3v) is 3.25. The van der Waals surface area contributed by atoms with Crippen molar-refractivity contribution in [3.8, 4) is 0 Å². The second kappa shape index (κ2) is 5.02. The van der Waals surface area contributed by atoms with E-state index in [-0.39, 0.29) is 6.04 Å². The van der Waals surface area contributed by atoms with Crippen molar-refractivity contribution in [2.24, 2.45) is 0 Å². The van der Waals surface area contributed by atoms with Crippen LogP contribution in [0.5, 0.6) is 0 Å². The standard InChI is InChI=1S/C11H12Cl2N2O/c12-8-5-10(13)11(14-6-8)15-4-2-1-3-9(15)7-16/h5-7,9H,1-4H2. The van der Waals surface area contributed by atoms with Gasteiger partial charge in [-0.05, 0) is 25.3 Å². The Hall–Kier alpha value is -0.800. The van der Waals surface area contributed by atoms with Crippen molar-refractivity contribution in [1.82, 2.24) is 4.98 Å². The molecule has 0 aromatic carbocycles. The molecule has 1 aliphatic rings. The number of hydrogen-bond acceptors (Lipinski definition) is 3.